The number of fused-ring (bicyclic) bond motifs is 4. The van der Waals surface area contributed by atoms with E-state index in [2.05, 4.69) is 15.9 Å². The van der Waals surface area contributed by atoms with Crippen LogP contribution in [0.4, 0.5) is 10.5 Å². The molecular formula is C24H18BrClN2O3. The number of urea groups is 1. The van der Waals surface area contributed by atoms with Gasteiger partial charge in [0.2, 0.25) is 0 Å². The molecule has 0 radical (unpaired) electrons. The molecule has 0 saturated carbocycles. The molecule has 2 heterocycles. The monoisotopic (exact) mass is 496 g/mol. The summed E-state index contributed by atoms with van der Waals surface area (Å²) in [6.07, 6.45) is 0.445. The van der Waals surface area contributed by atoms with Gasteiger partial charge in [-0.1, -0.05) is 45.7 Å². The van der Waals surface area contributed by atoms with Gasteiger partial charge in [0.15, 0.2) is 5.72 Å². The summed E-state index contributed by atoms with van der Waals surface area (Å²) in [6, 6.07) is 20.7. The first-order chi connectivity index (χ1) is 14.9. The Hall–Kier alpha value is -2.83. The Balaban J connectivity index is 1.66. The zero-order chi connectivity index (χ0) is 21.8. The van der Waals surface area contributed by atoms with Crippen molar-refractivity contribution in [1.29, 1.82) is 0 Å². The van der Waals surface area contributed by atoms with Crippen LogP contribution in [-0.2, 0) is 0 Å². The molecule has 5 nitrogen and oxygen atoms in total. The fourth-order valence-electron chi connectivity index (χ4n) is 4.34. The first-order valence-corrected chi connectivity index (χ1v) is 11.0. The number of rotatable bonds is 2. The summed E-state index contributed by atoms with van der Waals surface area (Å²) in [5.41, 5.74) is 0.943. The number of hydrogen-bond donors (Lipinski definition) is 0. The Morgan fingerprint density at radius 3 is 2.45 bits per heavy atom. The van der Waals surface area contributed by atoms with E-state index >= 15 is 0 Å². The second kappa shape index (κ2) is 7.39. The Labute approximate surface area is 193 Å². The van der Waals surface area contributed by atoms with Crippen molar-refractivity contribution in [2.45, 2.75) is 25.1 Å². The van der Waals surface area contributed by atoms with Crippen LogP contribution < -0.4 is 9.64 Å². The van der Waals surface area contributed by atoms with Crippen molar-refractivity contribution in [3.05, 3.63) is 93.4 Å². The molecule has 2 bridgehead atoms. The molecule has 31 heavy (non-hydrogen) atoms. The molecule has 3 aromatic rings. The summed E-state index contributed by atoms with van der Waals surface area (Å²) in [6.45, 7) is 1.88. The van der Waals surface area contributed by atoms with Crippen molar-refractivity contribution in [3.8, 4) is 5.75 Å². The number of amides is 3. The number of nitrogens with zero attached hydrogens (tertiary/aromatic N) is 2. The summed E-state index contributed by atoms with van der Waals surface area (Å²) >= 11 is 9.45. The minimum absolute atomic E-state index is 0.347. The largest absolute Gasteiger partial charge is 0.467 e. The van der Waals surface area contributed by atoms with Crippen LogP contribution in [0, 0.1) is 0 Å². The molecule has 2 atom stereocenters. The van der Waals surface area contributed by atoms with Gasteiger partial charge >= 0.3 is 6.03 Å². The molecular weight excluding hydrogens is 480 g/mol. The van der Waals surface area contributed by atoms with Crippen LogP contribution in [0.2, 0.25) is 5.02 Å². The highest BCUT2D eigenvalue weighted by molar-refractivity contribution is 9.10. The van der Waals surface area contributed by atoms with Gasteiger partial charge in [0.1, 0.15) is 5.75 Å². The highest BCUT2D eigenvalue weighted by Gasteiger charge is 2.55. The summed E-state index contributed by atoms with van der Waals surface area (Å²) in [5, 5.41) is 0.564. The molecule has 0 aliphatic carbocycles. The third-order valence-corrected chi connectivity index (χ3v) is 6.54. The average molecular weight is 498 g/mol. The third kappa shape index (κ3) is 3.30. The lowest BCUT2D eigenvalue weighted by molar-refractivity contribution is 0.00268. The lowest BCUT2D eigenvalue weighted by Crippen LogP contribution is -2.67. The van der Waals surface area contributed by atoms with Crippen molar-refractivity contribution < 1.29 is 14.3 Å². The van der Waals surface area contributed by atoms with Crippen molar-refractivity contribution in [2.24, 2.45) is 0 Å². The van der Waals surface area contributed by atoms with E-state index in [0.717, 1.165) is 10.0 Å². The predicted octanol–water partition coefficient (Wildman–Crippen LogP) is 6.42. The number of carbonyl (C=O) groups is 2. The standard InChI is InChI=1S/C24H18BrClN2O3/c1-24-14-20(19-4-2-3-5-21(19)31-24)27(22(29)15-6-8-16(25)9-7-15)23(30)28(24)18-12-10-17(26)11-13-18/h2-13,20H,14H2,1H3. The van der Waals surface area contributed by atoms with E-state index in [1.54, 1.807) is 53.4 Å². The molecule has 156 valence electrons. The molecule has 2 aliphatic heterocycles. The first-order valence-electron chi connectivity index (χ1n) is 9.84. The highest BCUT2D eigenvalue weighted by Crippen LogP contribution is 2.49. The van der Waals surface area contributed by atoms with Crippen molar-refractivity contribution >= 4 is 45.2 Å². The van der Waals surface area contributed by atoms with Gasteiger partial charge in [-0.15, -0.1) is 0 Å². The first kappa shape index (κ1) is 20.1. The summed E-state index contributed by atoms with van der Waals surface area (Å²) in [5.74, 6) is 0.321. The van der Waals surface area contributed by atoms with Crippen LogP contribution >= 0.6 is 27.5 Å². The number of para-hydroxylation sites is 1. The Morgan fingerprint density at radius 1 is 1.06 bits per heavy atom. The Morgan fingerprint density at radius 2 is 1.74 bits per heavy atom. The number of benzene rings is 3. The van der Waals surface area contributed by atoms with Gasteiger partial charge in [-0.25, -0.2) is 4.79 Å². The van der Waals surface area contributed by atoms with Gasteiger partial charge < -0.3 is 4.74 Å². The summed E-state index contributed by atoms with van der Waals surface area (Å²) in [4.78, 5) is 30.3. The van der Waals surface area contributed by atoms with E-state index < -0.39 is 17.8 Å². The zero-order valence-electron chi connectivity index (χ0n) is 16.6. The quantitative estimate of drug-likeness (QED) is 0.410. The average Bonchev–Trinajstić information content (AvgIpc) is 2.75. The minimum atomic E-state index is -0.944. The number of hydrogen-bond acceptors (Lipinski definition) is 3. The lowest BCUT2D eigenvalue weighted by atomic mass is 9.88. The van der Waals surface area contributed by atoms with Gasteiger partial charge in [0.05, 0.1) is 6.04 Å². The van der Waals surface area contributed by atoms with E-state index in [0.29, 0.717) is 28.4 Å². The van der Waals surface area contributed by atoms with Crippen LogP contribution in [0.15, 0.2) is 77.3 Å². The smallest absolute Gasteiger partial charge is 0.335 e. The molecule has 1 saturated heterocycles. The molecule has 3 amide bonds. The van der Waals surface area contributed by atoms with E-state index in [9.17, 15) is 9.59 Å². The molecule has 2 aliphatic rings. The second-order valence-corrected chi connectivity index (χ2v) is 9.16. The third-order valence-electron chi connectivity index (χ3n) is 5.76. The van der Waals surface area contributed by atoms with Gasteiger partial charge in [-0.05, 0) is 61.5 Å². The minimum Gasteiger partial charge on any atom is -0.467 e. The van der Waals surface area contributed by atoms with Gasteiger partial charge in [-0.2, -0.15) is 0 Å². The summed E-state index contributed by atoms with van der Waals surface area (Å²) < 4.78 is 7.20. The van der Waals surface area contributed by atoms with Crippen molar-refractivity contribution in [3.63, 3.8) is 0 Å². The van der Waals surface area contributed by atoms with Gasteiger partial charge in [0, 0.05) is 32.7 Å². The molecule has 0 spiro atoms. The maximum Gasteiger partial charge on any atom is 0.335 e. The van der Waals surface area contributed by atoms with Crippen LogP contribution in [0.3, 0.4) is 0 Å². The maximum absolute atomic E-state index is 13.8. The van der Waals surface area contributed by atoms with Crippen molar-refractivity contribution in [2.75, 3.05) is 4.90 Å². The lowest BCUT2D eigenvalue weighted by Gasteiger charge is -2.53. The molecule has 3 aromatic carbocycles. The number of ether oxygens (including phenoxy) is 1. The van der Waals surface area contributed by atoms with Gasteiger partial charge in [-0.3, -0.25) is 14.6 Å². The van der Waals surface area contributed by atoms with Crippen LogP contribution in [0.1, 0.15) is 35.3 Å². The molecule has 5 rings (SSSR count). The summed E-state index contributed by atoms with van der Waals surface area (Å²) in [7, 11) is 0. The highest BCUT2D eigenvalue weighted by atomic mass is 79.9. The van der Waals surface area contributed by atoms with Crippen LogP contribution in [-0.4, -0.2) is 22.6 Å². The van der Waals surface area contributed by atoms with Crippen LogP contribution in [0.5, 0.6) is 5.75 Å². The SMILES string of the molecule is CC12CC(c3ccccc3O1)N(C(=O)c1ccc(Br)cc1)C(=O)N2c1ccc(Cl)cc1. The van der Waals surface area contributed by atoms with Crippen molar-refractivity contribution in [1.82, 2.24) is 4.90 Å². The molecule has 1 fully saturated rings. The molecule has 0 aromatic heterocycles. The van der Waals surface area contributed by atoms with E-state index in [4.69, 9.17) is 16.3 Å². The van der Waals surface area contributed by atoms with Gasteiger partial charge in [0.25, 0.3) is 5.91 Å². The van der Waals surface area contributed by atoms with E-state index in [1.165, 1.54) is 4.90 Å². The normalized spacial score (nSPS) is 22.0. The number of halogens is 2. The number of anilines is 1. The number of imide groups is 1. The fraction of sp³-hybridized carbons (Fsp3) is 0.167. The predicted molar refractivity (Wildman–Crippen MR) is 122 cm³/mol. The van der Waals surface area contributed by atoms with E-state index in [1.807, 2.05) is 31.2 Å². The zero-order valence-corrected chi connectivity index (χ0v) is 18.9. The molecule has 2 unspecified atom stereocenters. The number of carbonyl (C=O) groups excluding carboxylic acids is 2. The Bertz CT molecular complexity index is 1180. The second-order valence-electron chi connectivity index (χ2n) is 7.81. The molecule has 7 heteroatoms. The van der Waals surface area contributed by atoms with Crippen LogP contribution in [0.25, 0.3) is 0 Å². The molecule has 0 N–H and O–H groups in total. The maximum atomic E-state index is 13.8. The Kier molecular flexibility index (Phi) is 4.79. The fourth-order valence-corrected chi connectivity index (χ4v) is 4.73. The topological polar surface area (TPSA) is 49.9 Å². The van der Waals surface area contributed by atoms with E-state index in [-0.39, 0.29) is 5.91 Å².